The second-order valence-corrected chi connectivity index (χ2v) is 5.30. The lowest BCUT2D eigenvalue weighted by Gasteiger charge is -2.25. The van der Waals surface area contributed by atoms with E-state index in [-0.39, 0.29) is 5.91 Å². The second-order valence-electron chi connectivity index (χ2n) is 5.30. The monoisotopic (exact) mass is 317 g/mol. The quantitative estimate of drug-likeness (QED) is 0.294. The summed E-state index contributed by atoms with van der Waals surface area (Å²) in [7, 11) is 0. The van der Waals surface area contributed by atoms with Gasteiger partial charge >= 0.3 is 6.09 Å². The van der Waals surface area contributed by atoms with Crippen LogP contribution in [0.4, 0.5) is 4.79 Å². The molecule has 0 spiro atoms. The number of nitrogens with two attached hydrogens (primary N) is 3. The molecule has 22 heavy (non-hydrogen) atoms. The smallest absolute Gasteiger partial charge is 0.404 e. The molecule has 1 atom stereocenters. The van der Waals surface area contributed by atoms with Crippen molar-refractivity contribution in [2.75, 3.05) is 32.7 Å². The molecule has 0 radical (unpaired) electrons. The molecule has 130 valence electrons. The normalized spacial score (nSPS) is 12.0. The topological polar surface area (TPSA) is 148 Å². The number of nitrogens with zero attached hydrogens (tertiary/aromatic N) is 1. The summed E-state index contributed by atoms with van der Waals surface area (Å²) in [5.74, 6) is -0.0586. The Morgan fingerprint density at radius 3 is 2.23 bits per heavy atom. The highest BCUT2D eigenvalue weighted by Gasteiger charge is 2.19. The Labute approximate surface area is 132 Å². The van der Waals surface area contributed by atoms with Gasteiger partial charge in [-0.25, -0.2) is 4.79 Å². The summed E-state index contributed by atoms with van der Waals surface area (Å²) in [5.41, 5.74) is 16.9. The molecule has 0 fully saturated rings. The van der Waals surface area contributed by atoms with E-state index in [0.717, 1.165) is 19.3 Å². The van der Waals surface area contributed by atoms with Crippen LogP contribution in [0.5, 0.6) is 0 Å². The van der Waals surface area contributed by atoms with E-state index in [1.165, 1.54) is 0 Å². The van der Waals surface area contributed by atoms with Gasteiger partial charge in [-0.2, -0.15) is 0 Å². The summed E-state index contributed by atoms with van der Waals surface area (Å²) in [6.45, 7) is 2.81. The van der Waals surface area contributed by atoms with Crippen LogP contribution < -0.4 is 22.5 Å². The van der Waals surface area contributed by atoms with Crippen LogP contribution in [-0.2, 0) is 4.79 Å². The summed E-state index contributed by atoms with van der Waals surface area (Å²) < 4.78 is 0. The van der Waals surface area contributed by atoms with Gasteiger partial charge < -0.3 is 32.5 Å². The first-order valence-electron chi connectivity index (χ1n) is 7.94. The molecule has 0 bridgehead atoms. The Kier molecular flexibility index (Phi) is 12.5. The lowest BCUT2D eigenvalue weighted by molar-refractivity contribution is -0.132. The molecule has 0 aromatic carbocycles. The number of unbranched alkanes of at least 4 members (excludes halogenated alkanes) is 2. The van der Waals surface area contributed by atoms with E-state index in [2.05, 4.69) is 5.32 Å². The number of rotatable bonds is 13. The van der Waals surface area contributed by atoms with Crippen molar-refractivity contribution in [1.29, 1.82) is 0 Å². The van der Waals surface area contributed by atoms with Crippen LogP contribution in [-0.4, -0.2) is 60.8 Å². The van der Waals surface area contributed by atoms with Crippen molar-refractivity contribution in [3.63, 3.8) is 0 Å². The van der Waals surface area contributed by atoms with E-state index in [9.17, 15) is 9.59 Å². The van der Waals surface area contributed by atoms with Crippen molar-refractivity contribution >= 4 is 12.0 Å². The molecule has 0 aliphatic rings. The fourth-order valence-electron chi connectivity index (χ4n) is 2.10. The number of carboxylic acid groups (broad SMARTS) is 1. The maximum absolute atomic E-state index is 12.3. The van der Waals surface area contributed by atoms with E-state index in [1.54, 1.807) is 4.90 Å². The minimum atomic E-state index is -1.03. The summed E-state index contributed by atoms with van der Waals surface area (Å²) in [4.78, 5) is 24.4. The average Bonchev–Trinajstić information content (AvgIpc) is 2.49. The summed E-state index contributed by atoms with van der Waals surface area (Å²) in [6, 6.07) is -0.541. The molecule has 0 aliphatic heterocycles. The first-order valence-corrected chi connectivity index (χ1v) is 7.94. The Bertz CT molecular complexity index is 315. The number of hydrogen-bond acceptors (Lipinski definition) is 5. The van der Waals surface area contributed by atoms with Gasteiger partial charge in [-0.3, -0.25) is 4.79 Å². The van der Waals surface area contributed by atoms with Crippen LogP contribution in [0.2, 0.25) is 0 Å². The standard InChI is InChI=1S/C14H31N5O3/c15-7-2-4-10-19(11-5-8-16)13(20)12(17)6-1-3-9-18-14(21)22/h12,18H,1-11,15-17H2,(H,21,22). The predicted octanol–water partition coefficient (Wildman–Crippen LogP) is -0.332. The minimum absolute atomic E-state index is 0.0586. The van der Waals surface area contributed by atoms with Gasteiger partial charge in [0.2, 0.25) is 5.91 Å². The molecule has 8 heteroatoms. The molecule has 0 heterocycles. The van der Waals surface area contributed by atoms with Gasteiger partial charge in [0.1, 0.15) is 0 Å². The van der Waals surface area contributed by atoms with Crippen molar-refractivity contribution in [3.8, 4) is 0 Å². The number of nitrogens with one attached hydrogen (secondary N) is 1. The third kappa shape index (κ3) is 10.4. The van der Waals surface area contributed by atoms with Crippen LogP contribution in [0.25, 0.3) is 0 Å². The molecular formula is C14H31N5O3. The van der Waals surface area contributed by atoms with E-state index in [0.29, 0.717) is 52.0 Å². The fraction of sp³-hybridized carbons (Fsp3) is 0.857. The first kappa shape index (κ1) is 20.6. The Hall–Kier alpha value is -1.38. The zero-order chi connectivity index (χ0) is 16.8. The minimum Gasteiger partial charge on any atom is -0.465 e. The fourth-order valence-corrected chi connectivity index (χ4v) is 2.10. The number of carbonyl (C=O) groups is 2. The van der Waals surface area contributed by atoms with E-state index >= 15 is 0 Å². The van der Waals surface area contributed by atoms with Crippen molar-refractivity contribution < 1.29 is 14.7 Å². The third-order valence-electron chi connectivity index (χ3n) is 3.36. The molecule has 0 saturated heterocycles. The second kappa shape index (κ2) is 13.3. The van der Waals surface area contributed by atoms with Gasteiger partial charge in [0.25, 0.3) is 0 Å². The molecule has 0 rings (SSSR count). The summed E-state index contributed by atoms with van der Waals surface area (Å²) in [5, 5.41) is 10.7. The third-order valence-corrected chi connectivity index (χ3v) is 3.36. The molecule has 2 amide bonds. The van der Waals surface area contributed by atoms with E-state index in [1.807, 2.05) is 0 Å². The van der Waals surface area contributed by atoms with Gasteiger partial charge in [0, 0.05) is 19.6 Å². The predicted molar refractivity (Wildman–Crippen MR) is 86.4 cm³/mol. The highest BCUT2D eigenvalue weighted by atomic mass is 16.4. The Balaban J connectivity index is 4.11. The Morgan fingerprint density at radius 1 is 1.00 bits per heavy atom. The van der Waals surface area contributed by atoms with Crippen molar-refractivity contribution in [2.24, 2.45) is 17.2 Å². The molecule has 0 aromatic heterocycles. The number of hydrogen-bond donors (Lipinski definition) is 5. The molecule has 8 nitrogen and oxygen atoms in total. The molecular weight excluding hydrogens is 286 g/mol. The Morgan fingerprint density at radius 2 is 1.64 bits per heavy atom. The van der Waals surface area contributed by atoms with E-state index in [4.69, 9.17) is 22.3 Å². The number of carbonyl (C=O) groups excluding carboxylic acids is 1. The van der Waals surface area contributed by atoms with Crippen molar-refractivity contribution in [3.05, 3.63) is 0 Å². The van der Waals surface area contributed by atoms with Crippen LogP contribution in [0.1, 0.15) is 38.5 Å². The maximum Gasteiger partial charge on any atom is 0.404 e. The molecule has 1 unspecified atom stereocenters. The van der Waals surface area contributed by atoms with Gasteiger partial charge in [0.05, 0.1) is 6.04 Å². The number of amides is 2. The van der Waals surface area contributed by atoms with Gasteiger partial charge in [-0.15, -0.1) is 0 Å². The lowest BCUT2D eigenvalue weighted by Crippen LogP contribution is -2.45. The SMILES string of the molecule is NCCCCN(CCCN)C(=O)C(N)CCCCNC(=O)O. The molecule has 0 aliphatic carbocycles. The first-order chi connectivity index (χ1) is 10.5. The highest BCUT2D eigenvalue weighted by Crippen LogP contribution is 2.05. The van der Waals surface area contributed by atoms with E-state index < -0.39 is 12.1 Å². The summed E-state index contributed by atoms with van der Waals surface area (Å²) >= 11 is 0. The van der Waals surface area contributed by atoms with Gasteiger partial charge in [-0.05, 0) is 51.6 Å². The summed E-state index contributed by atoms with van der Waals surface area (Å²) in [6.07, 6.45) is 3.39. The lowest BCUT2D eigenvalue weighted by atomic mass is 10.1. The van der Waals surface area contributed by atoms with Gasteiger partial charge in [0.15, 0.2) is 0 Å². The molecule has 0 aromatic rings. The maximum atomic E-state index is 12.3. The van der Waals surface area contributed by atoms with Crippen molar-refractivity contribution in [2.45, 2.75) is 44.6 Å². The van der Waals surface area contributed by atoms with Crippen LogP contribution in [0.3, 0.4) is 0 Å². The highest BCUT2D eigenvalue weighted by molar-refractivity contribution is 5.81. The van der Waals surface area contributed by atoms with Gasteiger partial charge in [-0.1, -0.05) is 0 Å². The largest absolute Gasteiger partial charge is 0.465 e. The van der Waals surface area contributed by atoms with Crippen LogP contribution in [0.15, 0.2) is 0 Å². The average molecular weight is 317 g/mol. The molecule has 0 saturated carbocycles. The van der Waals surface area contributed by atoms with Crippen LogP contribution in [0, 0.1) is 0 Å². The molecule has 8 N–H and O–H groups in total. The van der Waals surface area contributed by atoms with Crippen LogP contribution >= 0.6 is 0 Å². The van der Waals surface area contributed by atoms with Crippen molar-refractivity contribution in [1.82, 2.24) is 10.2 Å². The zero-order valence-electron chi connectivity index (χ0n) is 13.3. The zero-order valence-corrected chi connectivity index (χ0v) is 13.3.